The molecule has 0 saturated heterocycles. The van der Waals surface area contributed by atoms with Gasteiger partial charge in [-0.15, -0.1) is 0 Å². The summed E-state index contributed by atoms with van der Waals surface area (Å²) in [5.74, 6) is -1.13. The fourth-order valence-corrected chi connectivity index (χ4v) is 3.60. The van der Waals surface area contributed by atoms with Gasteiger partial charge >= 0.3 is 5.97 Å². The van der Waals surface area contributed by atoms with Crippen molar-refractivity contribution in [3.63, 3.8) is 0 Å². The number of aliphatic carboxylic acids is 1. The van der Waals surface area contributed by atoms with Crippen LogP contribution in [-0.2, 0) is 4.79 Å². The van der Waals surface area contributed by atoms with Crippen molar-refractivity contribution in [1.29, 1.82) is 0 Å². The number of ether oxygens (including phenoxy) is 1. The molecule has 2 aromatic carbocycles. The summed E-state index contributed by atoms with van der Waals surface area (Å²) in [5.41, 5.74) is 1.87. The summed E-state index contributed by atoms with van der Waals surface area (Å²) in [4.78, 5) is 27.0. The van der Waals surface area contributed by atoms with Crippen LogP contribution in [0.15, 0.2) is 48.5 Å². The van der Waals surface area contributed by atoms with Crippen LogP contribution < -0.4 is 4.74 Å². The molecule has 5 heteroatoms. The minimum Gasteiger partial charge on any atom is -0.497 e. The first-order chi connectivity index (χ1) is 12.6. The Morgan fingerprint density at radius 1 is 1.15 bits per heavy atom. The maximum absolute atomic E-state index is 13.1. The average molecular weight is 353 g/mol. The Kier molecular flexibility index (Phi) is 5.26. The highest BCUT2D eigenvalue weighted by atomic mass is 16.5. The zero-order chi connectivity index (χ0) is 18.7. The Hall–Kier alpha value is -2.82. The molecule has 0 unspecified atom stereocenters. The van der Waals surface area contributed by atoms with Crippen LogP contribution in [0.3, 0.4) is 0 Å². The lowest BCUT2D eigenvalue weighted by Crippen LogP contribution is -2.45. The average Bonchev–Trinajstić information content (AvgIpc) is 2.67. The lowest BCUT2D eigenvalue weighted by Gasteiger charge is -2.41. The smallest absolute Gasteiger partial charge is 0.313 e. The van der Waals surface area contributed by atoms with Crippen LogP contribution in [-0.4, -0.2) is 35.5 Å². The lowest BCUT2D eigenvalue weighted by atomic mass is 9.79. The second kappa shape index (κ2) is 7.60. The molecule has 1 aliphatic rings. The van der Waals surface area contributed by atoms with E-state index in [9.17, 15) is 14.7 Å². The normalized spacial score (nSPS) is 19.2. The molecule has 0 spiro atoms. The number of rotatable bonds is 6. The second-order valence-electron chi connectivity index (χ2n) is 6.47. The van der Waals surface area contributed by atoms with Gasteiger partial charge in [0.25, 0.3) is 5.91 Å². The molecule has 1 heterocycles. The third-order valence-electron chi connectivity index (χ3n) is 4.91. The molecule has 0 radical (unpaired) electrons. The summed E-state index contributed by atoms with van der Waals surface area (Å²) < 4.78 is 5.20. The number of carbonyl (C=O) groups excluding carboxylic acids is 1. The zero-order valence-electron chi connectivity index (χ0n) is 15.0. The first-order valence-electron chi connectivity index (χ1n) is 8.85. The van der Waals surface area contributed by atoms with Crippen LogP contribution in [0.2, 0.25) is 0 Å². The highest BCUT2D eigenvalue weighted by molar-refractivity contribution is 6.00. The van der Waals surface area contributed by atoms with Crippen LogP contribution >= 0.6 is 0 Å². The molecule has 1 amide bonds. The van der Waals surface area contributed by atoms with E-state index in [4.69, 9.17) is 4.74 Å². The van der Waals surface area contributed by atoms with Gasteiger partial charge < -0.3 is 14.7 Å². The minimum absolute atomic E-state index is 0.104. The number of amides is 1. The molecular weight excluding hydrogens is 330 g/mol. The summed E-state index contributed by atoms with van der Waals surface area (Å²) in [7, 11) is 1.59. The number of unbranched alkanes of at least 4 members (excludes halogenated alkanes) is 1. The van der Waals surface area contributed by atoms with E-state index < -0.39 is 17.9 Å². The predicted octanol–water partition coefficient (Wildman–Crippen LogP) is 3.86. The van der Waals surface area contributed by atoms with Crippen molar-refractivity contribution in [3.05, 3.63) is 65.2 Å². The molecule has 0 saturated carbocycles. The molecule has 2 aromatic rings. The SMILES string of the molecule is CCCCN1C(=O)c2ccccc2[C@@H](C(=O)O)[C@@H]1c1ccc(OC)cc1. The number of carboxylic acids is 1. The van der Waals surface area contributed by atoms with Crippen molar-refractivity contribution >= 4 is 11.9 Å². The van der Waals surface area contributed by atoms with Crippen molar-refractivity contribution in [3.8, 4) is 5.75 Å². The Labute approximate surface area is 153 Å². The molecule has 1 aliphatic heterocycles. The quantitative estimate of drug-likeness (QED) is 0.856. The summed E-state index contributed by atoms with van der Waals surface area (Å²) in [6.45, 7) is 2.59. The van der Waals surface area contributed by atoms with Crippen molar-refractivity contribution in [1.82, 2.24) is 4.90 Å². The van der Waals surface area contributed by atoms with E-state index in [1.165, 1.54) is 0 Å². The van der Waals surface area contributed by atoms with Crippen molar-refractivity contribution in [2.45, 2.75) is 31.7 Å². The van der Waals surface area contributed by atoms with Crippen molar-refractivity contribution < 1.29 is 19.4 Å². The van der Waals surface area contributed by atoms with Gasteiger partial charge in [-0.05, 0) is 35.7 Å². The fraction of sp³-hybridized carbons (Fsp3) is 0.333. The summed E-state index contributed by atoms with van der Waals surface area (Å²) in [5, 5.41) is 9.98. The van der Waals surface area contributed by atoms with Gasteiger partial charge in [0, 0.05) is 12.1 Å². The molecule has 3 rings (SSSR count). The van der Waals surface area contributed by atoms with Gasteiger partial charge in [-0.3, -0.25) is 9.59 Å². The topological polar surface area (TPSA) is 66.8 Å². The number of nitrogens with zero attached hydrogens (tertiary/aromatic N) is 1. The Morgan fingerprint density at radius 3 is 2.46 bits per heavy atom. The molecule has 0 aromatic heterocycles. The second-order valence-corrected chi connectivity index (χ2v) is 6.47. The maximum Gasteiger partial charge on any atom is 0.313 e. The van der Waals surface area contributed by atoms with Crippen molar-refractivity contribution in [2.75, 3.05) is 13.7 Å². The summed E-state index contributed by atoms with van der Waals surface area (Å²) in [6.07, 6.45) is 1.76. The highest BCUT2D eigenvalue weighted by Gasteiger charge is 2.43. The number of methoxy groups -OCH3 is 1. The Morgan fingerprint density at radius 2 is 1.85 bits per heavy atom. The largest absolute Gasteiger partial charge is 0.497 e. The predicted molar refractivity (Wildman–Crippen MR) is 98.5 cm³/mol. The molecule has 1 N–H and O–H groups in total. The number of fused-ring (bicyclic) bond motifs is 1. The third kappa shape index (κ3) is 3.17. The molecule has 136 valence electrons. The zero-order valence-corrected chi connectivity index (χ0v) is 15.0. The summed E-state index contributed by atoms with van der Waals surface area (Å²) in [6, 6.07) is 13.8. The van der Waals surface area contributed by atoms with E-state index in [0.717, 1.165) is 18.4 Å². The van der Waals surface area contributed by atoms with Crippen LogP contribution in [0.25, 0.3) is 0 Å². The summed E-state index contributed by atoms with van der Waals surface area (Å²) >= 11 is 0. The van der Waals surface area contributed by atoms with E-state index in [2.05, 4.69) is 6.92 Å². The monoisotopic (exact) mass is 353 g/mol. The first kappa shape index (κ1) is 18.0. The van der Waals surface area contributed by atoms with E-state index in [1.54, 1.807) is 48.4 Å². The van der Waals surface area contributed by atoms with E-state index in [0.29, 0.717) is 23.4 Å². The Balaban J connectivity index is 2.14. The number of hydrogen-bond acceptors (Lipinski definition) is 3. The van der Waals surface area contributed by atoms with E-state index in [-0.39, 0.29) is 5.91 Å². The standard InChI is InChI=1S/C21H23NO4/c1-3-4-13-22-19(14-9-11-15(26-2)12-10-14)18(21(24)25)16-7-5-6-8-17(16)20(22)23/h5-12,18-19H,3-4,13H2,1-2H3,(H,24,25)/t18-,19+/m1/s1. The molecule has 0 fully saturated rings. The first-order valence-corrected chi connectivity index (χ1v) is 8.85. The van der Waals surface area contributed by atoms with E-state index >= 15 is 0 Å². The van der Waals surface area contributed by atoms with Crippen LogP contribution in [0.4, 0.5) is 0 Å². The molecule has 0 bridgehead atoms. The molecule has 0 aliphatic carbocycles. The molecule has 2 atom stereocenters. The fourth-order valence-electron chi connectivity index (χ4n) is 3.60. The molecular formula is C21H23NO4. The third-order valence-corrected chi connectivity index (χ3v) is 4.91. The van der Waals surface area contributed by atoms with Crippen LogP contribution in [0.5, 0.6) is 5.75 Å². The number of carboxylic acid groups (broad SMARTS) is 1. The van der Waals surface area contributed by atoms with E-state index in [1.807, 2.05) is 12.1 Å². The van der Waals surface area contributed by atoms with Gasteiger partial charge in [0.2, 0.25) is 0 Å². The number of benzene rings is 2. The lowest BCUT2D eigenvalue weighted by molar-refractivity contribution is -0.140. The Bertz CT molecular complexity index is 800. The van der Waals surface area contributed by atoms with Crippen LogP contribution in [0, 0.1) is 0 Å². The van der Waals surface area contributed by atoms with Gasteiger partial charge in [-0.1, -0.05) is 43.7 Å². The number of hydrogen-bond donors (Lipinski definition) is 1. The highest BCUT2D eigenvalue weighted by Crippen LogP contribution is 2.43. The number of carbonyl (C=O) groups is 2. The van der Waals surface area contributed by atoms with Crippen LogP contribution in [0.1, 0.15) is 53.2 Å². The van der Waals surface area contributed by atoms with Crippen molar-refractivity contribution in [2.24, 2.45) is 0 Å². The molecule has 26 heavy (non-hydrogen) atoms. The maximum atomic E-state index is 13.1. The van der Waals surface area contributed by atoms with Gasteiger partial charge in [0.15, 0.2) is 0 Å². The van der Waals surface area contributed by atoms with Gasteiger partial charge in [-0.25, -0.2) is 0 Å². The molecule has 5 nitrogen and oxygen atoms in total. The minimum atomic E-state index is -0.924. The van der Waals surface area contributed by atoms with Gasteiger partial charge in [-0.2, -0.15) is 0 Å². The van der Waals surface area contributed by atoms with Gasteiger partial charge in [0.05, 0.1) is 13.2 Å². The van der Waals surface area contributed by atoms with Gasteiger partial charge in [0.1, 0.15) is 11.7 Å².